The van der Waals surface area contributed by atoms with Crippen LogP contribution in [0.5, 0.6) is 5.75 Å². The van der Waals surface area contributed by atoms with Gasteiger partial charge in [0.25, 0.3) is 0 Å². The van der Waals surface area contributed by atoms with E-state index in [-0.39, 0.29) is 5.41 Å². The molecule has 5 nitrogen and oxygen atoms in total. The van der Waals surface area contributed by atoms with E-state index in [4.69, 9.17) is 10.5 Å². The Balaban J connectivity index is 1.38. The third-order valence-electron chi connectivity index (χ3n) is 6.07. The first-order chi connectivity index (χ1) is 12.2. The molecule has 25 heavy (non-hydrogen) atoms. The molecule has 0 bridgehead atoms. The normalized spacial score (nSPS) is 25.0. The van der Waals surface area contributed by atoms with Gasteiger partial charge >= 0.3 is 0 Å². The highest BCUT2D eigenvalue weighted by molar-refractivity contribution is 5.40. The predicted octanol–water partition coefficient (Wildman–Crippen LogP) is 2.47. The van der Waals surface area contributed by atoms with Gasteiger partial charge in [-0.05, 0) is 55.0 Å². The van der Waals surface area contributed by atoms with Gasteiger partial charge in [-0.25, -0.2) is 9.97 Å². The van der Waals surface area contributed by atoms with Crippen molar-refractivity contribution in [2.45, 2.75) is 44.1 Å². The highest BCUT2D eigenvalue weighted by atomic mass is 16.5. The summed E-state index contributed by atoms with van der Waals surface area (Å²) in [6.07, 6.45) is 7.67. The molecule has 1 spiro atoms. The largest absolute Gasteiger partial charge is 0.493 e. The van der Waals surface area contributed by atoms with E-state index < -0.39 is 0 Å². The molecule has 1 aliphatic carbocycles. The molecule has 3 aliphatic rings. The molecular weight excluding hydrogens is 312 g/mol. The molecule has 1 saturated heterocycles. The van der Waals surface area contributed by atoms with Crippen LogP contribution < -0.4 is 10.5 Å². The van der Waals surface area contributed by atoms with Crippen molar-refractivity contribution in [1.29, 1.82) is 0 Å². The Morgan fingerprint density at radius 2 is 2.16 bits per heavy atom. The monoisotopic (exact) mass is 336 g/mol. The summed E-state index contributed by atoms with van der Waals surface area (Å²) in [6.45, 7) is 4.06. The van der Waals surface area contributed by atoms with E-state index >= 15 is 0 Å². The van der Waals surface area contributed by atoms with Crippen LogP contribution in [0.4, 0.5) is 5.95 Å². The van der Waals surface area contributed by atoms with Gasteiger partial charge in [0, 0.05) is 31.1 Å². The number of piperidine rings is 1. The zero-order chi connectivity index (χ0) is 16.9. The number of benzene rings is 1. The number of nitrogen functional groups attached to an aromatic ring is 1. The lowest BCUT2D eigenvalue weighted by Crippen LogP contribution is -2.45. The summed E-state index contributed by atoms with van der Waals surface area (Å²) in [5.74, 6) is 1.48. The smallest absolute Gasteiger partial charge is 0.220 e. The van der Waals surface area contributed by atoms with Crippen LogP contribution in [0.25, 0.3) is 0 Å². The Bertz CT molecular complexity index is 817. The molecule has 130 valence electrons. The Labute approximate surface area is 148 Å². The molecule has 1 fully saturated rings. The van der Waals surface area contributed by atoms with Crippen LogP contribution in [0.1, 0.15) is 41.6 Å². The molecule has 0 saturated carbocycles. The molecule has 1 unspecified atom stereocenters. The summed E-state index contributed by atoms with van der Waals surface area (Å²) < 4.78 is 5.63. The number of fused-ring (bicyclic) bond motifs is 3. The Kier molecular flexibility index (Phi) is 3.45. The molecular formula is C20H24N4O. The van der Waals surface area contributed by atoms with Gasteiger partial charge in [-0.3, -0.25) is 4.90 Å². The van der Waals surface area contributed by atoms with Crippen LogP contribution in [0, 0.1) is 0 Å². The lowest BCUT2D eigenvalue weighted by atomic mass is 9.77. The van der Waals surface area contributed by atoms with Gasteiger partial charge < -0.3 is 10.5 Å². The number of hydrogen-bond acceptors (Lipinski definition) is 5. The molecule has 2 aromatic rings. The third kappa shape index (κ3) is 2.58. The number of hydrogen-bond donors (Lipinski definition) is 1. The van der Waals surface area contributed by atoms with E-state index in [0.717, 1.165) is 44.8 Å². The number of anilines is 1. The number of rotatable bonds is 2. The van der Waals surface area contributed by atoms with Crippen LogP contribution in [0.15, 0.2) is 24.4 Å². The fraction of sp³-hybridized carbons (Fsp3) is 0.500. The maximum atomic E-state index is 5.88. The standard InChI is InChI=1S/C20H24N4O/c21-19-22-11-16-4-7-20(18(16)23-19)6-1-8-24(13-20)12-14-2-3-17-15(10-14)5-9-25-17/h2-3,10-11H,1,4-9,12-13H2,(H2,21,22,23). The molecule has 5 rings (SSSR count). The molecule has 0 radical (unpaired) electrons. The molecule has 5 heteroatoms. The fourth-order valence-electron chi connectivity index (χ4n) is 4.91. The fourth-order valence-corrected chi connectivity index (χ4v) is 4.91. The maximum Gasteiger partial charge on any atom is 0.220 e. The van der Waals surface area contributed by atoms with Crippen molar-refractivity contribution in [3.05, 3.63) is 46.8 Å². The lowest BCUT2D eigenvalue weighted by molar-refractivity contribution is 0.137. The Hall–Kier alpha value is -2.14. The van der Waals surface area contributed by atoms with E-state index in [0.29, 0.717) is 5.95 Å². The van der Waals surface area contributed by atoms with Crippen molar-refractivity contribution in [2.75, 3.05) is 25.4 Å². The van der Waals surface area contributed by atoms with E-state index in [9.17, 15) is 0 Å². The van der Waals surface area contributed by atoms with Gasteiger partial charge in [0.1, 0.15) is 5.75 Å². The van der Waals surface area contributed by atoms with E-state index in [2.05, 4.69) is 33.1 Å². The average molecular weight is 336 g/mol. The second-order valence-electron chi connectivity index (χ2n) is 7.74. The van der Waals surface area contributed by atoms with Crippen LogP contribution >= 0.6 is 0 Å². The Morgan fingerprint density at radius 3 is 3.12 bits per heavy atom. The van der Waals surface area contributed by atoms with Crippen molar-refractivity contribution < 1.29 is 4.74 Å². The molecule has 1 atom stereocenters. The van der Waals surface area contributed by atoms with Gasteiger partial charge in [0.05, 0.1) is 12.3 Å². The topological polar surface area (TPSA) is 64.3 Å². The van der Waals surface area contributed by atoms with Crippen molar-refractivity contribution in [1.82, 2.24) is 14.9 Å². The van der Waals surface area contributed by atoms with Crippen molar-refractivity contribution in [3.8, 4) is 5.75 Å². The van der Waals surface area contributed by atoms with Crippen LogP contribution in [0.2, 0.25) is 0 Å². The van der Waals surface area contributed by atoms with Crippen LogP contribution in [-0.4, -0.2) is 34.6 Å². The molecule has 2 aliphatic heterocycles. The summed E-state index contributed by atoms with van der Waals surface area (Å²) in [7, 11) is 0. The minimum Gasteiger partial charge on any atom is -0.493 e. The van der Waals surface area contributed by atoms with E-state index in [1.807, 2.05) is 6.20 Å². The van der Waals surface area contributed by atoms with Gasteiger partial charge in [0.2, 0.25) is 5.95 Å². The number of aryl methyl sites for hydroxylation is 1. The number of ether oxygens (including phenoxy) is 1. The zero-order valence-corrected chi connectivity index (χ0v) is 14.5. The second-order valence-corrected chi connectivity index (χ2v) is 7.74. The predicted molar refractivity (Wildman–Crippen MR) is 96.6 cm³/mol. The zero-order valence-electron chi connectivity index (χ0n) is 14.5. The lowest BCUT2D eigenvalue weighted by Gasteiger charge is -2.40. The van der Waals surface area contributed by atoms with Gasteiger partial charge in [-0.2, -0.15) is 0 Å². The first-order valence-electron chi connectivity index (χ1n) is 9.31. The minimum atomic E-state index is 0.171. The van der Waals surface area contributed by atoms with Gasteiger partial charge in [0.15, 0.2) is 0 Å². The highest BCUT2D eigenvalue weighted by Crippen LogP contribution is 2.44. The van der Waals surface area contributed by atoms with Crippen molar-refractivity contribution in [3.63, 3.8) is 0 Å². The average Bonchev–Trinajstić information content (AvgIpc) is 3.20. The summed E-state index contributed by atoms with van der Waals surface area (Å²) in [5.41, 5.74) is 11.3. The molecule has 3 heterocycles. The van der Waals surface area contributed by atoms with E-state index in [1.54, 1.807) is 0 Å². The first kappa shape index (κ1) is 15.1. The maximum absolute atomic E-state index is 5.88. The van der Waals surface area contributed by atoms with Gasteiger partial charge in [-0.15, -0.1) is 0 Å². The highest BCUT2D eigenvalue weighted by Gasteiger charge is 2.43. The number of nitrogens with two attached hydrogens (primary N) is 1. The molecule has 2 N–H and O–H groups in total. The summed E-state index contributed by atoms with van der Waals surface area (Å²) in [4.78, 5) is 11.4. The van der Waals surface area contributed by atoms with Crippen LogP contribution in [-0.2, 0) is 24.8 Å². The number of likely N-dealkylation sites (tertiary alicyclic amines) is 1. The second kappa shape index (κ2) is 5.70. The quantitative estimate of drug-likeness (QED) is 0.913. The SMILES string of the molecule is Nc1ncc2c(n1)C1(CCCN(Cc3ccc4c(c3)CCO4)C1)CC2. The van der Waals surface area contributed by atoms with E-state index in [1.165, 1.54) is 41.6 Å². The molecule has 1 aromatic heterocycles. The Morgan fingerprint density at radius 1 is 1.20 bits per heavy atom. The van der Waals surface area contributed by atoms with Gasteiger partial charge in [-0.1, -0.05) is 12.1 Å². The van der Waals surface area contributed by atoms with Crippen LogP contribution in [0.3, 0.4) is 0 Å². The summed E-state index contributed by atoms with van der Waals surface area (Å²) >= 11 is 0. The van der Waals surface area contributed by atoms with Crippen molar-refractivity contribution in [2.24, 2.45) is 0 Å². The first-order valence-corrected chi connectivity index (χ1v) is 9.31. The molecule has 1 aromatic carbocycles. The summed E-state index contributed by atoms with van der Waals surface area (Å²) in [5, 5.41) is 0. The van der Waals surface area contributed by atoms with Crippen molar-refractivity contribution >= 4 is 5.95 Å². The third-order valence-corrected chi connectivity index (χ3v) is 6.07. The number of nitrogens with zero attached hydrogens (tertiary/aromatic N) is 3. The molecule has 0 amide bonds. The number of aromatic nitrogens is 2. The summed E-state index contributed by atoms with van der Waals surface area (Å²) in [6, 6.07) is 6.68. The minimum absolute atomic E-state index is 0.171.